The number of nitrogens with one attached hydrogen (secondary N) is 2. The van der Waals surface area contributed by atoms with Crippen LogP contribution in [0.25, 0.3) is 0 Å². The van der Waals surface area contributed by atoms with Gasteiger partial charge >= 0.3 is 0 Å². The van der Waals surface area contributed by atoms with E-state index in [2.05, 4.69) is 22.2 Å². The number of sulfonamides is 1. The van der Waals surface area contributed by atoms with Crippen LogP contribution < -0.4 is 10.0 Å². The zero-order valence-corrected chi connectivity index (χ0v) is 15.6. The van der Waals surface area contributed by atoms with Crippen molar-refractivity contribution in [3.8, 4) is 0 Å². The Bertz CT molecular complexity index is 924. The standard InChI is InChI=1S/C19H19ClN2O3S/c20-15-8-10-16(11-9-15)22-26(24,25)18-7-3-6-17(13-18)21-19(23)12-14-4-1-2-5-14/h1,3-4,6-11,13-14,22H,2,5,12H2,(H,21,23). The molecule has 1 amide bonds. The van der Waals surface area contributed by atoms with Gasteiger partial charge in [-0.25, -0.2) is 8.42 Å². The number of rotatable bonds is 6. The molecule has 0 saturated carbocycles. The van der Waals surface area contributed by atoms with Gasteiger partial charge in [-0.05, 0) is 61.2 Å². The van der Waals surface area contributed by atoms with Gasteiger partial charge in [-0.1, -0.05) is 29.8 Å². The molecule has 5 nitrogen and oxygen atoms in total. The second-order valence-electron chi connectivity index (χ2n) is 6.16. The van der Waals surface area contributed by atoms with Crippen molar-refractivity contribution in [1.29, 1.82) is 0 Å². The molecule has 7 heteroatoms. The highest BCUT2D eigenvalue weighted by Crippen LogP contribution is 2.23. The minimum atomic E-state index is -3.76. The number of hydrogen-bond donors (Lipinski definition) is 2. The number of hydrogen-bond acceptors (Lipinski definition) is 3. The van der Waals surface area contributed by atoms with Crippen molar-refractivity contribution in [3.05, 3.63) is 65.7 Å². The monoisotopic (exact) mass is 390 g/mol. The topological polar surface area (TPSA) is 75.3 Å². The SMILES string of the molecule is O=C(CC1C=CCC1)Nc1cccc(S(=O)(=O)Nc2ccc(Cl)cc2)c1. The van der Waals surface area contributed by atoms with Crippen LogP contribution >= 0.6 is 11.6 Å². The van der Waals surface area contributed by atoms with Crippen molar-refractivity contribution in [2.24, 2.45) is 5.92 Å². The molecular formula is C19H19ClN2O3S. The van der Waals surface area contributed by atoms with E-state index in [1.54, 1.807) is 36.4 Å². The normalized spacial score (nSPS) is 16.4. The summed E-state index contributed by atoms with van der Waals surface area (Å²) in [4.78, 5) is 12.2. The van der Waals surface area contributed by atoms with Crippen molar-refractivity contribution in [2.75, 3.05) is 10.0 Å². The van der Waals surface area contributed by atoms with E-state index in [9.17, 15) is 13.2 Å². The number of anilines is 2. The molecule has 26 heavy (non-hydrogen) atoms. The maximum absolute atomic E-state index is 12.5. The molecule has 1 atom stereocenters. The predicted octanol–water partition coefficient (Wildman–Crippen LogP) is 4.44. The van der Waals surface area contributed by atoms with Gasteiger partial charge in [0.25, 0.3) is 10.0 Å². The van der Waals surface area contributed by atoms with Gasteiger partial charge < -0.3 is 5.32 Å². The second kappa shape index (κ2) is 7.93. The van der Waals surface area contributed by atoms with Crippen LogP contribution in [0.5, 0.6) is 0 Å². The summed E-state index contributed by atoms with van der Waals surface area (Å²) in [6.45, 7) is 0. The Labute approximate surface area is 158 Å². The number of amides is 1. The molecule has 0 aromatic heterocycles. The summed E-state index contributed by atoms with van der Waals surface area (Å²) >= 11 is 5.81. The lowest BCUT2D eigenvalue weighted by molar-refractivity contribution is -0.116. The van der Waals surface area contributed by atoms with Crippen LogP contribution in [0.1, 0.15) is 19.3 Å². The Morgan fingerprint density at radius 3 is 2.58 bits per heavy atom. The summed E-state index contributed by atoms with van der Waals surface area (Å²) in [5.74, 6) is 0.134. The van der Waals surface area contributed by atoms with Crippen LogP contribution in [0, 0.1) is 5.92 Å². The minimum Gasteiger partial charge on any atom is -0.326 e. The van der Waals surface area contributed by atoms with E-state index in [0.29, 0.717) is 22.8 Å². The summed E-state index contributed by atoms with van der Waals surface area (Å²) < 4.78 is 27.6. The van der Waals surface area contributed by atoms with E-state index < -0.39 is 10.0 Å². The smallest absolute Gasteiger partial charge is 0.261 e. The molecule has 3 rings (SSSR count). The van der Waals surface area contributed by atoms with Crippen molar-refractivity contribution in [3.63, 3.8) is 0 Å². The van der Waals surface area contributed by atoms with E-state index in [1.807, 2.05) is 0 Å². The van der Waals surface area contributed by atoms with Gasteiger partial charge in [0.05, 0.1) is 4.90 Å². The molecule has 136 valence electrons. The molecule has 2 N–H and O–H groups in total. The minimum absolute atomic E-state index is 0.0750. The average molecular weight is 391 g/mol. The van der Waals surface area contributed by atoms with Gasteiger partial charge in [0.15, 0.2) is 0 Å². The highest BCUT2D eigenvalue weighted by molar-refractivity contribution is 7.92. The lowest BCUT2D eigenvalue weighted by atomic mass is 10.1. The van der Waals surface area contributed by atoms with E-state index in [4.69, 9.17) is 11.6 Å². The van der Waals surface area contributed by atoms with Gasteiger partial charge in [0.2, 0.25) is 5.91 Å². The second-order valence-corrected chi connectivity index (χ2v) is 8.28. The quantitative estimate of drug-likeness (QED) is 0.716. The Balaban J connectivity index is 1.70. The summed E-state index contributed by atoms with van der Waals surface area (Å²) in [5, 5.41) is 3.29. The van der Waals surface area contributed by atoms with Crippen molar-refractivity contribution >= 4 is 38.9 Å². The molecule has 0 saturated heterocycles. The van der Waals surface area contributed by atoms with E-state index in [0.717, 1.165) is 12.8 Å². The molecular weight excluding hydrogens is 372 g/mol. The van der Waals surface area contributed by atoms with E-state index >= 15 is 0 Å². The number of halogens is 1. The predicted molar refractivity (Wildman–Crippen MR) is 104 cm³/mol. The molecule has 1 aliphatic carbocycles. The van der Waals surface area contributed by atoms with E-state index in [1.165, 1.54) is 12.1 Å². The third-order valence-corrected chi connectivity index (χ3v) is 5.72. The summed E-state index contributed by atoms with van der Waals surface area (Å²) in [7, 11) is -3.76. The first-order chi connectivity index (χ1) is 12.4. The van der Waals surface area contributed by atoms with Gasteiger partial charge in [-0.3, -0.25) is 9.52 Å². The highest BCUT2D eigenvalue weighted by Gasteiger charge is 2.17. The zero-order chi connectivity index (χ0) is 18.6. The van der Waals surface area contributed by atoms with Crippen LogP contribution in [0.3, 0.4) is 0 Å². The van der Waals surface area contributed by atoms with Crippen LogP contribution in [0.15, 0.2) is 65.6 Å². The summed E-state index contributed by atoms with van der Waals surface area (Å²) in [6.07, 6.45) is 6.51. The molecule has 0 radical (unpaired) electrons. The highest BCUT2D eigenvalue weighted by atomic mass is 35.5. The third kappa shape index (κ3) is 4.86. The van der Waals surface area contributed by atoms with Gasteiger partial charge in [0, 0.05) is 22.8 Å². The van der Waals surface area contributed by atoms with Gasteiger partial charge in [0.1, 0.15) is 0 Å². The molecule has 0 bridgehead atoms. The fourth-order valence-electron chi connectivity index (χ4n) is 2.79. The van der Waals surface area contributed by atoms with E-state index in [-0.39, 0.29) is 16.7 Å². The first kappa shape index (κ1) is 18.5. The number of benzene rings is 2. The Morgan fingerprint density at radius 1 is 1.12 bits per heavy atom. The molecule has 2 aromatic rings. The maximum atomic E-state index is 12.5. The molecule has 0 heterocycles. The number of allylic oxidation sites excluding steroid dienone is 2. The summed E-state index contributed by atoms with van der Waals surface area (Å²) in [6, 6.07) is 12.6. The lowest BCUT2D eigenvalue weighted by Crippen LogP contribution is -2.16. The fourth-order valence-corrected chi connectivity index (χ4v) is 4.02. The molecule has 0 spiro atoms. The number of carbonyl (C=O) groups excluding carboxylic acids is 1. The Kier molecular flexibility index (Phi) is 5.64. The molecule has 0 aliphatic heterocycles. The lowest BCUT2D eigenvalue weighted by Gasteiger charge is -2.11. The zero-order valence-electron chi connectivity index (χ0n) is 14.0. The third-order valence-electron chi connectivity index (χ3n) is 4.08. The average Bonchev–Trinajstić information content (AvgIpc) is 3.10. The van der Waals surface area contributed by atoms with Crippen LogP contribution in [0.2, 0.25) is 5.02 Å². The Hall–Kier alpha value is -2.31. The first-order valence-electron chi connectivity index (χ1n) is 8.27. The van der Waals surface area contributed by atoms with Crippen molar-refractivity contribution in [1.82, 2.24) is 0 Å². The first-order valence-corrected chi connectivity index (χ1v) is 10.1. The molecule has 1 aliphatic rings. The van der Waals surface area contributed by atoms with Gasteiger partial charge in [-0.2, -0.15) is 0 Å². The Morgan fingerprint density at radius 2 is 1.88 bits per heavy atom. The van der Waals surface area contributed by atoms with Crippen LogP contribution in [-0.4, -0.2) is 14.3 Å². The molecule has 0 fully saturated rings. The fraction of sp³-hybridized carbons (Fsp3) is 0.211. The van der Waals surface area contributed by atoms with Gasteiger partial charge in [-0.15, -0.1) is 0 Å². The number of carbonyl (C=O) groups is 1. The maximum Gasteiger partial charge on any atom is 0.261 e. The van der Waals surface area contributed by atoms with Crippen LogP contribution in [0.4, 0.5) is 11.4 Å². The van der Waals surface area contributed by atoms with Crippen LogP contribution in [-0.2, 0) is 14.8 Å². The van der Waals surface area contributed by atoms with Crippen molar-refractivity contribution in [2.45, 2.75) is 24.2 Å². The largest absolute Gasteiger partial charge is 0.326 e. The molecule has 2 aromatic carbocycles. The van der Waals surface area contributed by atoms with Crippen molar-refractivity contribution < 1.29 is 13.2 Å². The summed E-state index contributed by atoms with van der Waals surface area (Å²) in [5.41, 5.74) is 0.868. The molecule has 1 unspecified atom stereocenters.